The fourth-order valence-electron chi connectivity index (χ4n) is 3.98. The van der Waals surface area contributed by atoms with E-state index in [1.54, 1.807) is 30.1 Å². The van der Waals surface area contributed by atoms with E-state index >= 15 is 0 Å². The van der Waals surface area contributed by atoms with E-state index in [9.17, 15) is 9.18 Å². The summed E-state index contributed by atoms with van der Waals surface area (Å²) in [6.07, 6.45) is 3.93. The molecule has 8 nitrogen and oxygen atoms in total. The molecule has 1 N–H and O–H groups in total. The van der Waals surface area contributed by atoms with Crippen molar-refractivity contribution in [2.75, 3.05) is 7.11 Å². The Bertz CT molecular complexity index is 1480. The number of amides is 1. The van der Waals surface area contributed by atoms with Gasteiger partial charge in [0.2, 0.25) is 0 Å². The van der Waals surface area contributed by atoms with Crippen LogP contribution in [0.1, 0.15) is 36.7 Å². The molecule has 5 rings (SSSR count). The monoisotopic (exact) mass is 502 g/mol. The smallest absolute Gasteiger partial charge is 0.307 e. The van der Waals surface area contributed by atoms with Crippen molar-refractivity contribution in [1.29, 1.82) is 0 Å². The van der Waals surface area contributed by atoms with Crippen molar-refractivity contribution in [3.8, 4) is 17.2 Å². The fourth-order valence-corrected chi connectivity index (χ4v) is 3.98. The highest BCUT2D eigenvalue weighted by Crippen LogP contribution is 2.30. The lowest BCUT2D eigenvalue weighted by Crippen LogP contribution is -2.39. The minimum absolute atomic E-state index is 0. The standard InChI is InChI=1S/C27H23FN4O4.CH4/c1-17(31-26(33)27-29-12-13-35-27)25(18-4-3-5-22(14-18)34-2)36-23-10-11-24-19(15-23)16-30-32(24)21-8-6-20(28)7-9-21;/h3-17,25H,1-2H3,(H,31,33);1H4/t17-,25-;/m0./s1. The molecule has 0 saturated carbocycles. The quantitative estimate of drug-likeness (QED) is 0.291. The van der Waals surface area contributed by atoms with E-state index < -0.39 is 18.1 Å². The maximum atomic E-state index is 13.3. The Morgan fingerprint density at radius 1 is 1.08 bits per heavy atom. The van der Waals surface area contributed by atoms with E-state index in [1.807, 2.05) is 49.4 Å². The van der Waals surface area contributed by atoms with Gasteiger partial charge in [0.05, 0.1) is 36.7 Å². The molecular weight excluding hydrogens is 475 g/mol. The van der Waals surface area contributed by atoms with Crippen LogP contribution in [0.5, 0.6) is 11.5 Å². The Morgan fingerprint density at radius 2 is 1.89 bits per heavy atom. The number of fused-ring (bicyclic) bond motifs is 1. The van der Waals surface area contributed by atoms with Gasteiger partial charge in [0.25, 0.3) is 5.89 Å². The second kappa shape index (κ2) is 10.9. The van der Waals surface area contributed by atoms with Gasteiger partial charge in [-0.2, -0.15) is 5.10 Å². The molecule has 5 aromatic rings. The number of carbonyl (C=O) groups is 1. The lowest BCUT2D eigenvalue weighted by atomic mass is 10.0. The van der Waals surface area contributed by atoms with Gasteiger partial charge in [-0.15, -0.1) is 0 Å². The summed E-state index contributed by atoms with van der Waals surface area (Å²) in [6, 6.07) is 18.8. The zero-order valence-electron chi connectivity index (χ0n) is 19.6. The Kier molecular flexibility index (Phi) is 7.52. The Hall–Kier alpha value is -4.66. The van der Waals surface area contributed by atoms with Crippen LogP contribution in [0.4, 0.5) is 4.39 Å². The van der Waals surface area contributed by atoms with Crippen molar-refractivity contribution in [2.45, 2.75) is 26.5 Å². The van der Waals surface area contributed by atoms with Gasteiger partial charge in [-0.3, -0.25) is 4.79 Å². The van der Waals surface area contributed by atoms with Gasteiger partial charge in [-0.25, -0.2) is 14.1 Å². The van der Waals surface area contributed by atoms with Gasteiger partial charge in [0.15, 0.2) is 0 Å². The molecule has 2 heterocycles. The number of oxazole rings is 1. The molecule has 190 valence electrons. The van der Waals surface area contributed by atoms with Gasteiger partial charge < -0.3 is 19.2 Å². The number of aromatic nitrogens is 3. The fraction of sp³-hybridized carbons (Fsp3) is 0.179. The van der Waals surface area contributed by atoms with Gasteiger partial charge in [-0.05, 0) is 67.1 Å². The first kappa shape index (κ1) is 25.4. The highest BCUT2D eigenvalue weighted by molar-refractivity contribution is 5.89. The number of halogens is 1. The number of ether oxygens (including phenoxy) is 2. The van der Waals surface area contributed by atoms with Crippen LogP contribution in [0.3, 0.4) is 0 Å². The van der Waals surface area contributed by atoms with Gasteiger partial charge >= 0.3 is 5.91 Å². The Balaban J connectivity index is 0.00000320. The third-order valence-corrected chi connectivity index (χ3v) is 5.74. The van der Waals surface area contributed by atoms with Crippen LogP contribution in [0.2, 0.25) is 0 Å². The number of hydrogen-bond donors (Lipinski definition) is 1. The maximum absolute atomic E-state index is 13.3. The average Bonchev–Trinajstić information content (AvgIpc) is 3.58. The molecule has 1 amide bonds. The molecule has 0 bridgehead atoms. The Labute approximate surface area is 213 Å². The number of methoxy groups -OCH3 is 1. The van der Waals surface area contributed by atoms with Crippen LogP contribution < -0.4 is 14.8 Å². The first-order valence-electron chi connectivity index (χ1n) is 11.3. The minimum atomic E-state index is -0.552. The summed E-state index contributed by atoms with van der Waals surface area (Å²) in [6.45, 7) is 1.84. The molecule has 37 heavy (non-hydrogen) atoms. The number of carbonyl (C=O) groups excluding carboxylic acids is 1. The van der Waals surface area contributed by atoms with Crippen LogP contribution in [0.15, 0.2) is 89.8 Å². The minimum Gasteiger partial charge on any atom is -0.497 e. The van der Waals surface area contributed by atoms with Crippen LogP contribution in [-0.2, 0) is 0 Å². The molecule has 0 aliphatic heterocycles. The van der Waals surface area contributed by atoms with Gasteiger partial charge in [-0.1, -0.05) is 19.6 Å². The van der Waals surface area contributed by atoms with E-state index in [2.05, 4.69) is 15.4 Å². The maximum Gasteiger partial charge on any atom is 0.307 e. The third-order valence-electron chi connectivity index (χ3n) is 5.74. The summed E-state index contributed by atoms with van der Waals surface area (Å²) in [7, 11) is 1.59. The lowest BCUT2D eigenvalue weighted by molar-refractivity contribution is 0.0847. The topological polar surface area (TPSA) is 91.4 Å². The van der Waals surface area contributed by atoms with E-state index in [1.165, 1.54) is 24.6 Å². The number of nitrogens with zero attached hydrogens (tertiary/aromatic N) is 3. The molecule has 0 fully saturated rings. The molecule has 2 atom stereocenters. The number of rotatable bonds is 8. The largest absolute Gasteiger partial charge is 0.497 e. The van der Waals surface area contributed by atoms with Crippen LogP contribution in [-0.4, -0.2) is 33.8 Å². The molecule has 0 saturated heterocycles. The van der Waals surface area contributed by atoms with Crippen molar-refractivity contribution in [3.05, 3.63) is 103 Å². The predicted molar refractivity (Wildman–Crippen MR) is 138 cm³/mol. The summed E-state index contributed by atoms with van der Waals surface area (Å²) in [5.74, 6) is 0.481. The van der Waals surface area contributed by atoms with E-state index in [0.29, 0.717) is 11.5 Å². The molecule has 3 aromatic carbocycles. The molecule has 9 heteroatoms. The molecule has 0 aliphatic carbocycles. The van der Waals surface area contributed by atoms with Crippen molar-refractivity contribution in [3.63, 3.8) is 0 Å². The predicted octanol–water partition coefficient (Wildman–Crippen LogP) is 5.74. The Morgan fingerprint density at radius 3 is 2.62 bits per heavy atom. The van der Waals surface area contributed by atoms with Crippen LogP contribution in [0.25, 0.3) is 16.6 Å². The summed E-state index contributed by atoms with van der Waals surface area (Å²) < 4.78 is 32.0. The molecule has 0 unspecified atom stereocenters. The van der Waals surface area contributed by atoms with Crippen molar-refractivity contribution < 1.29 is 23.1 Å². The van der Waals surface area contributed by atoms with E-state index in [-0.39, 0.29) is 19.1 Å². The first-order chi connectivity index (χ1) is 17.5. The van der Waals surface area contributed by atoms with Crippen molar-refractivity contribution in [2.24, 2.45) is 0 Å². The molecule has 0 aliphatic rings. The second-order valence-electron chi connectivity index (χ2n) is 8.17. The molecule has 0 spiro atoms. The highest BCUT2D eigenvalue weighted by atomic mass is 19.1. The van der Waals surface area contributed by atoms with Crippen molar-refractivity contribution in [1.82, 2.24) is 20.1 Å². The average molecular weight is 503 g/mol. The number of benzene rings is 3. The number of nitrogens with one attached hydrogen (secondary N) is 1. The zero-order valence-corrected chi connectivity index (χ0v) is 19.6. The number of hydrogen-bond acceptors (Lipinski definition) is 6. The molecule has 0 radical (unpaired) electrons. The molecular formula is C28H27FN4O4. The SMILES string of the molecule is C.COc1cccc([C@@H](Oc2ccc3c(cnn3-c3ccc(F)cc3)c2)[C@H](C)NC(=O)c2ncco2)c1. The summed E-state index contributed by atoms with van der Waals surface area (Å²) >= 11 is 0. The van der Waals surface area contributed by atoms with E-state index in [0.717, 1.165) is 22.2 Å². The van der Waals surface area contributed by atoms with E-state index in [4.69, 9.17) is 13.9 Å². The van der Waals surface area contributed by atoms with Crippen LogP contribution >= 0.6 is 0 Å². The third kappa shape index (κ3) is 5.45. The van der Waals surface area contributed by atoms with Crippen LogP contribution in [0, 0.1) is 5.82 Å². The second-order valence-corrected chi connectivity index (χ2v) is 8.17. The molecule has 2 aromatic heterocycles. The summed E-state index contributed by atoms with van der Waals surface area (Å²) in [4.78, 5) is 16.5. The normalized spacial score (nSPS) is 12.4. The van der Waals surface area contributed by atoms with Gasteiger partial charge in [0.1, 0.15) is 29.7 Å². The highest BCUT2D eigenvalue weighted by Gasteiger charge is 2.26. The zero-order chi connectivity index (χ0) is 25.1. The lowest BCUT2D eigenvalue weighted by Gasteiger charge is -2.26. The van der Waals surface area contributed by atoms with Gasteiger partial charge in [0, 0.05) is 5.39 Å². The first-order valence-corrected chi connectivity index (χ1v) is 11.3. The summed E-state index contributed by atoms with van der Waals surface area (Å²) in [5.41, 5.74) is 2.41. The summed E-state index contributed by atoms with van der Waals surface area (Å²) in [5, 5.41) is 8.19. The van der Waals surface area contributed by atoms with Crippen molar-refractivity contribution >= 4 is 16.8 Å².